The van der Waals surface area contributed by atoms with Crippen molar-refractivity contribution in [1.29, 1.82) is 0 Å². The molecule has 0 spiro atoms. The smallest absolute Gasteiger partial charge is 0.410 e. The van der Waals surface area contributed by atoms with Gasteiger partial charge in [-0.2, -0.15) is 0 Å². The maximum absolute atomic E-state index is 12.9. The summed E-state index contributed by atoms with van der Waals surface area (Å²) >= 11 is 0. The number of nitrogens with zero attached hydrogens (tertiary/aromatic N) is 2. The van der Waals surface area contributed by atoms with Crippen molar-refractivity contribution in [2.24, 2.45) is 0 Å². The molecule has 30 heavy (non-hydrogen) atoms. The standard InChI is InChI=1S/C23H28N2O5/c1-16-21(29-3)20(26)19(24(2)22(27)18-12-8-5-9-13-18)14-25(16)23(28)30-15-17-10-6-4-7-11-17/h4-13,16,19-21,26H,14-15H2,1-3H3/t16-,19-,20-,21+/m0/s1. The van der Waals surface area contributed by atoms with E-state index in [0.717, 1.165) is 5.56 Å². The second-order valence-electron chi connectivity index (χ2n) is 7.47. The van der Waals surface area contributed by atoms with E-state index in [1.807, 2.05) is 36.4 Å². The number of carbonyl (C=O) groups is 2. The zero-order valence-corrected chi connectivity index (χ0v) is 17.5. The highest BCUT2D eigenvalue weighted by Crippen LogP contribution is 2.25. The summed E-state index contributed by atoms with van der Waals surface area (Å²) in [5, 5.41) is 10.9. The van der Waals surface area contributed by atoms with Crippen molar-refractivity contribution in [2.75, 3.05) is 20.7 Å². The van der Waals surface area contributed by atoms with Crippen LogP contribution < -0.4 is 0 Å². The molecule has 1 aliphatic heterocycles. The first-order chi connectivity index (χ1) is 14.4. The molecule has 160 valence electrons. The number of likely N-dealkylation sites (N-methyl/N-ethyl adjacent to an activating group) is 1. The number of benzene rings is 2. The number of ether oxygens (including phenoxy) is 2. The largest absolute Gasteiger partial charge is 0.445 e. The number of hydrogen-bond acceptors (Lipinski definition) is 5. The first-order valence-electron chi connectivity index (χ1n) is 9.94. The van der Waals surface area contributed by atoms with Crippen LogP contribution in [-0.2, 0) is 16.1 Å². The third kappa shape index (κ3) is 4.63. The summed E-state index contributed by atoms with van der Waals surface area (Å²) in [6, 6.07) is 17.2. The lowest BCUT2D eigenvalue weighted by Crippen LogP contribution is -2.66. The Kier molecular flexibility index (Phi) is 7.07. The van der Waals surface area contributed by atoms with Crippen molar-refractivity contribution in [3.05, 3.63) is 71.8 Å². The highest BCUT2D eigenvalue weighted by Gasteiger charge is 2.46. The monoisotopic (exact) mass is 412 g/mol. The van der Waals surface area contributed by atoms with Crippen LogP contribution in [0.1, 0.15) is 22.8 Å². The molecule has 0 bridgehead atoms. The second kappa shape index (κ2) is 9.73. The molecule has 7 nitrogen and oxygen atoms in total. The summed E-state index contributed by atoms with van der Waals surface area (Å²) in [6.45, 7) is 2.09. The number of aliphatic hydroxyl groups is 1. The van der Waals surface area contributed by atoms with Crippen LogP contribution in [0.15, 0.2) is 60.7 Å². The Morgan fingerprint density at radius 3 is 2.30 bits per heavy atom. The van der Waals surface area contributed by atoms with E-state index in [1.54, 1.807) is 38.2 Å². The summed E-state index contributed by atoms with van der Waals surface area (Å²) in [6.07, 6.45) is -2.11. The molecule has 7 heteroatoms. The number of likely N-dealkylation sites (tertiary alicyclic amines) is 1. The van der Waals surface area contributed by atoms with E-state index in [2.05, 4.69) is 0 Å². The quantitative estimate of drug-likeness (QED) is 0.817. The van der Waals surface area contributed by atoms with E-state index in [1.165, 1.54) is 16.9 Å². The Balaban J connectivity index is 1.75. The molecule has 0 radical (unpaired) electrons. The molecular formula is C23H28N2O5. The maximum atomic E-state index is 12.9. The van der Waals surface area contributed by atoms with Gasteiger partial charge in [0.2, 0.25) is 0 Å². The van der Waals surface area contributed by atoms with Gasteiger partial charge in [-0.05, 0) is 24.6 Å². The number of rotatable bonds is 5. The lowest BCUT2D eigenvalue weighted by atomic mass is 9.92. The molecule has 3 rings (SSSR count). The molecule has 1 aliphatic rings. The molecule has 2 aromatic rings. The number of amides is 2. The van der Waals surface area contributed by atoms with Gasteiger partial charge in [0, 0.05) is 26.3 Å². The van der Waals surface area contributed by atoms with E-state index < -0.39 is 30.4 Å². The predicted molar refractivity (Wildman–Crippen MR) is 112 cm³/mol. The molecule has 1 heterocycles. The maximum Gasteiger partial charge on any atom is 0.410 e. The minimum absolute atomic E-state index is 0.144. The van der Waals surface area contributed by atoms with Gasteiger partial charge in [-0.3, -0.25) is 4.79 Å². The molecule has 0 saturated carbocycles. The van der Waals surface area contributed by atoms with Crippen LogP contribution in [-0.4, -0.2) is 71.9 Å². The summed E-state index contributed by atoms with van der Waals surface area (Å²) in [7, 11) is 3.11. The van der Waals surface area contributed by atoms with Gasteiger partial charge in [0.05, 0.1) is 12.1 Å². The zero-order chi connectivity index (χ0) is 21.7. The van der Waals surface area contributed by atoms with E-state index >= 15 is 0 Å². The summed E-state index contributed by atoms with van der Waals surface area (Å²) < 4.78 is 11.0. The topological polar surface area (TPSA) is 79.3 Å². The number of aliphatic hydroxyl groups excluding tert-OH is 1. The van der Waals surface area contributed by atoms with Crippen LogP contribution >= 0.6 is 0 Å². The Morgan fingerprint density at radius 1 is 1.10 bits per heavy atom. The van der Waals surface area contributed by atoms with Gasteiger partial charge in [0.25, 0.3) is 5.91 Å². The van der Waals surface area contributed by atoms with Gasteiger partial charge in [-0.25, -0.2) is 4.79 Å². The van der Waals surface area contributed by atoms with E-state index in [4.69, 9.17) is 9.47 Å². The van der Waals surface area contributed by atoms with E-state index in [9.17, 15) is 14.7 Å². The van der Waals surface area contributed by atoms with Crippen molar-refractivity contribution in [3.63, 3.8) is 0 Å². The van der Waals surface area contributed by atoms with Crippen LogP contribution in [0.4, 0.5) is 4.79 Å². The molecule has 0 aliphatic carbocycles. The molecule has 1 fully saturated rings. The normalized spacial score (nSPS) is 23.7. The van der Waals surface area contributed by atoms with Crippen molar-refractivity contribution < 1.29 is 24.2 Å². The fraction of sp³-hybridized carbons (Fsp3) is 0.391. The number of hydrogen-bond donors (Lipinski definition) is 1. The molecule has 4 atom stereocenters. The summed E-state index contributed by atoms with van der Waals surface area (Å²) in [4.78, 5) is 28.7. The molecule has 2 amide bonds. The average Bonchev–Trinajstić information content (AvgIpc) is 2.78. The molecular weight excluding hydrogens is 384 g/mol. The summed E-state index contributed by atoms with van der Waals surface area (Å²) in [5.74, 6) is -0.235. The molecule has 1 N–H and O–H groups in total. The minimum Gasteiger partial charge on any atom is -0.445 e. The van der Waals surface area contributed by atoms with Crippen molar-refractivity contribution in [1.82, 2.24) is 9.80 Å². The zero-order valence-electron chi connectivity index (χ0n) is 17.5. The number of piperidine rings is 1. The SMILES string of the molecule is CO[C@H]1[C@@H](O)[C@@H](N(C)C(=O)c2ccccc2)CN(C(=O)OCc2ccccc2)[C@H]1C. The van der Waals surface area contributed by atoms with Crippen LogP contribution in [0.2, 0.25) is 0 Å². The first-order valence-corrected chi connectivity index (χ1v) is 9.94. The molecule has 0 aromatic heterocycles. The van der Waals surface area contributed by atoms with Crippen LogP contribution in [0, 0.1) is 0 Å². The van der Waals surface area contributed by atoms with Crippen LogP contribution in [0.25, 0.3) is 0 Å². The average molecular weight is 412 g/mol. The predicted octanol–water partition coefficient (Wildman–Crippen LogP) is 2.54. The third-order valence-electron chi connectivity index (χ3n) is 5.63. The van der Waals surface area contributed by atoms with Crippen LogP contribution in [0.5, 0.6) is 0 Å². The highest BCUT2D eigenvalue weighted by molar-refractivity contribution is 5.94. The minimum atomic E-state index is -0.944. The van der Waals surface area contributed by atoms with Crippen molar-refractivity contribution >= 4 is 12.0 Å². The van der Waals surface area contributed by atoms with Crippen molar-refractivity contribution in [3.8, 4) is 0 Å². The van der Waals surface area contributed by atoms with Gasteiger partial charge in [-0.1, -0.05) is 48.5 Å². The molecule has 1 saturated heterocycles. The van der Waals surface area contributed by atoms with Gasteiger partial charge < -0.3 is 24.4 Å². The number of methoxy groups -OCH3 is 1. The third-order valence-corrected chi connectivity index (χ3v) is 5.63. The fourth-order valence-electron chi connectivity index (χ4n) is 3.82. The summed E-state index contributed by atoms with van der Waals surface area (Å²) in [5.41, 5.74) is 1.39. The Bertz CT molecular complexity index is 845. The van der Waals surface area contributed by atoms with Crippen molar-refractivity contribution in [2.45, 2.75) is 37.8 Å². The van der Waals surface area contributed by atoms with Gasteiger partial charge in [0.15, 0.2) is 0 Å². The lowest BCUT2D eigenvalue weighted by molar-refractivity contribution is -0.115. The van der Waals surface area contributed by atoms with E-state index in [-0.39, 0.29) is 19.1 Å². The molecule has 2 aromatic carbocycles. The molecule has 0 unspecified atom stereocenters. The van der Waals surface area contributed by atoms with E-state index in [0.29, 0.717) is 5.56 Å². The lowest BCUT2D eigenvalue weighted by Gasteiger charge is -2.47. The fourth-order valence-corrected chi connectivity index (χ4v) is 3.82. The van der Waals surface area contributed by atoms with Gasteiger partial charge in [0.1, 0.15) is 18.8 Å². The Labute approximate surface area is 176 Å². The van der Waals surface area contributed by atoms with Gasteiger partial charge >= 0.3 is 6.09 Å². The Hall–Kier alpha value is -2.90. The van der Waals surface area contributed by atoms with Gasteiger partial charge in [-0.15, -0.1) is 0 Å². The van der Waals surface area contributed by atoms with Crippen LogP contribution in [0.3, 0.4) is 0 Å². The second-order valence-corrected chi connectivity index (χ2v) is 7.47. The highest BCUT2D eigenvalue weighted by atomic mass is 16.6. The number of carbonyl (C=O) groups excluding carboxylic acids is 2. The Morgan fingerprint density at radius 2 is 1.70 bits per heavy atom. The first kappa shape index (κ1) is 21.8.